The lowest BCUT2D eigenvalue weighted by Gasteiger charge is -2.02. The minimum Gasteiger partial charge on any atom is -0.494 e. The van der Waals surface area contributed by atoms with Crippen molar-refractivity contribution in [3.8, 4) is 17.1 Å². The normalized spacial score (nSPS) is 10.7. The summed E-state index contributed by atoms with van der Waals surface area (Å²) in [6.07, 6.45) is 2.10. The second-order valence-electron chi connectivity index (χ2n) is 4.04. The highest BCUT2D eigenvalue weighted by Crippen LogP contribution is 2.24. The molecule has 1 N–H and O–H groups in total. The lowest BCUT2D eigenvalue weighted by Crippen LogP contribution is -1.91. The van der Waals surface area contributed by atoms with Crippen molar-refractivity contribution in [1.82, 2.24) is 10.1 Å². The number of unbranched alkanes of at least 4 members (excludes halogenated alkanes) is 1. The van der Waals surface area contributed by atoms with Gasteiger partial charge in [0.15, 0.2) is 11.6 Å². The molecule has 6 heteroatoms. The van der Waals surface area contributed by atoms with Crippen LogP contribution in [0.25, 0.3) is 11.4 Å². The molecule has 0 saturated heterocycles. The molecule has 0 aliphatic heterocycles. The van der Waals surface area contributed by atoms with Crippen LogP contribution in [0.5, 0.6) is 5.75 Å². The first kappa shape index (κ1) is 13.5. The van der Waals surface area contributed by atoms with E-state index in [0.29, 0.717) is 30.1 Å². The van der Waals surface area contributed by atoms with Crippen LogP contribution in [0.4, 0.5) is 4.39 Å². The van der Waals surface area contributed by atoms with E-state index in [1.54, 1.807) is 6.07 Å². The zero-order valence-corrected chi connectivity index (χ0v) is 10.6. The Morgan fingerprint density at radius 2 is 2.21 bits per heavy atom. The Balaban J connectivity index is 2.13. The highest BCUT2D eigenvalue weighted by atomic mass is 19.1. The number of rotatable bonds is 6. The smallest absolute Gasteiger partial charge is 0.226 e. The molecular weight excluding hydrogens is 251 g/mol. The van der Waals surface area contributed by atoms with Crippen molar-refractivity contribution < 1.29 is 18.8 Å². The molecule has 1 aromatic carbocycles. The van der Waals surface area contributed by atoms with Crippen LogP contribution < -0.4 is 4.74 Å². The van der Waals surface area contributed by atoms with E-state index in [9.17, 15) is 4.39 Å². The minimum atomic E-state index is -0.432. The van der Waals surface area contributed by atoms with Gasteiger partial charge < -0.3 is 14.4 Å². The third-order valence-electron chi connectivity index (χ3n) is 2.68. The van der Waals surface area contributed by atoms with E-state index in [4.69, 9.17) is 14.4 Å². The Bertz CT molecular complexity index is 542. The lowest BCUT2D eigenvalue weighted by atomic mass is 10.2. The second-order valence-corrected chi connectivity index (χ2v) is 4.04. The van der Waals surface area contributed by atoms with Gasteiger partial charge in [0, 0.05) is 18.6 Å². The number of hydrogen-bond acceptors (Lipinski definition) is 5. The maximum atomic E-state index is 13.3. The molecule has 0 amide bonds. The van der Waals surface area contributed by atoms with Crippen LogP contribution in [0.2, 0.25) is 0 Å². The molecule has 5 nitrogen and oxygen atoms in total. The summed E-state index contributed by atoms with van der Waals surface area (Å²) in [5.74, 6) is 0.617. The maximum Gasteiger partial charge on any atom is 0.226 e. The molecule has 0 bridgehead atoms. The third-order valence-corrected chi connectivity index (χ3v) is 2.68. The van der Waals surface area contributed by atoms with Crippen molar-refractivity contribution in [3.05, 3.63) is 29.9 Å². The lowest BCUT2D eigenvalue weighted by molar-refractivity contribution is 0.281. The van der Waals surface area contributed by atoms with E-state index in [-0.39, 0.29) is 12.4 Å². The molecule has 0 aliphatic rings. The number of benzene rings is 1. The van der Waals surface area contributed by atoms with Crippen molar-refractivity contribution in [1.29, 1.82) is 0 Å². The standard InChI is InChI=1S/C13H15FN2O3/c1-18-11-8-9(5-6-10(11)14)13-15-12(19-16-13)4-2-3-7-17/h5-6,8,17H,2-4,7H2,1H3. The molecule has 1 aromatic heterocycles. The van der Waals surface area contributed by atoms with Gasteiger partial charge in [-0.2, -0.15) is 4.98 Å². The van der Waals surface area contributed by atoms with Gasteiger partial charge in [-0.15, -0.1) is 0 Å². The van der Waals surface area contributed by atoms with Crippen LogP contribution >= 0.6 is 0 Å². The van der Waals surface area contributed by atoms with Crippen molar-refractivity contribution >= 4 is 0 Å². The predicted octanol–water partition coefficient (Wildman–Crippen LogP) is 2.20. The third kappa shape index (κ3) is 3.29. The molecule has 0 radical (unpaired) electrons. The monoisotopic (exact) mass is 266 g/mol. The minimum absolute atomic E-state index is 0.143. The summed E-state index contributed by atoms with van der Waals surface area (Å²) in [4.78, 5) is 4.22. The number of ether oxygens (including phenoxy) is 1. The van der Waals surface area contributed by atoms with E-state index in [2.05, 4.69) is 10.1 Å². The Hall–Kier alpha value is -1.95. The van der Waals surface area contributed by atoms with E-state index in [1.807, 2.05) is 0 Å². The summed E-state index contributed by atoms with van der Waals surface area (Å²) in [6, 6.07) is 4.40. The molecule has 2 rings (SSSR count). The summed E-state index contributed by atoms with van der Waals surface area (Å²) >= 11 is 0. The average molecular weight is 266 g/mol. The first-order chi connectivity index (χ1) is 9.24. The summed E-state index contributed by atoms with van der Waals surface area (Å²) in [5.41, 5.74) is 0.635. The summed E-state index contributed by atoms with van der Waals surface area (Å²) in [6.45, 7) is 0.149. The number of aliphatic hydroxyl groups is 1. The topological polar surface area (TPSA) is 68.4 Å². The van der Waals surface area contributed by atoms with Gasteiger partial charge in [-0.1, -0.05) is 5.16 Å². The van der Waals surface area contributed by atoms with Crippen LogP contribution in [-0.2, 0) is 6.42 Å². The summed E-state index contributed by atoms with van der Waals surface area (Å²) in [5, 5.41) is 12.5. The number of aromatic nitrogens is 2. The van der Waals surface area contributed by atoms with Crippen LogP contribution in [0.1, 0.15) is 18.7 Å². The van der Waals surface area contributed by atoms with E-state index >= 15 is 0 Å². The molecule has 0 spiro atoms. The van der Waals surface area contributed by atoms with Gasteiger partial charge >= 0.3 is 0 Å². The van der Waals surface area contributed by atoms with Crippen LogP contribution in [0.15, 0.2) is 22.7 Å². The zero-order chi connectivity index (χ0) is 13.7. The number of nitrogens with zero attached hydrogens (tertiary/aromatic N) is 2. The van der Waals surface area contributed by atoms with Crippen molar-refractivity contribution in [3.63, 3.8) is 0 Å². The van der Waals surface area contributed by atoms with Crippen LogP contribution in [-0.4, -0.2) is 29.0 Å². The van der Waals surface area contributed by atoms with Crippen LogP contribution in [0.3, 0.4) is 0 Å². The highest BCUT2D eigenvalue weighted by molar-refractivity contribution is 5.57. The Morgan fingerprint density at radius 3 is 2.95 bits per heavy atom. The molecule has 0 aliphatic carbocycles. The second kappa shape index (κ2) is 6.29. The van der Waals surface area contributed by atoms with Gasteiger partial charge in [0.05, 0.1) is 7.11 Å². The molecule has 0 unspecified atom stereocenters. The van der Waals surface area contributed by atoms with E-state index in [0.717, 1.165) is 6.42 Å². The average Bonchev–Trinajstić information content (AvgIpc) is 2.88. The first-order valence-electron chi connectivity index (χ1n) is 6.02. The molecule has 1 heterocycles. The van der Waals surface area contributed by atoms with Crippen molar-refractivity contribution in [2.45, 2.75) is 19.3 Å². The molecular formula is C13H15FN2O3. The molecule has 0 fully saturated rings. The predicted molar refractivity (Wildman–Crippen MR) is 66.3 cm³/mol. The Labute approximate surface area is 110 Å². The van der Waals surface area contributed by atoms with E-state index in [1.165, 1.54) is 19.2 Å². The zero-order valence-electron chi connectivity index (χ0n) is 10.6. The number of aryl methyl sites for hydroxylation is 1. The maximum absolute atomic E-state index is 13.3. The van der Waals surface area contributed by atoms with Gasteiger partial charge in [0.25, 0.3) is 0 Å². The number of methoxy groups -OCH3 is 1. The van der Waals surface area contributed by atoms with E-state index < -0.39 is 5.82 Å². The molecule has 102 valence electrons. The van der Waals surface area contributed by atoms with Crippen LogP contribution in [0, 0.1) is 5.82 Å². The molecule has 0 saturated carbocycles. The van der Waals surface area contributed by atoms with Crippen molar-refractivity contribution in [2.75, 3.05) is 13.7 Å². The fourth-order valence-corrected chi connectivity index (χ4v) is 1.66. The largest absolute Gasteiger partial charge is 0.494 e. The first-order valence-corrected chi connectivity index (χ1v) is 6.02. The van der Waals surface area contributed by atoms with Gasteiger partial charge in [-0.05, 0) is 31.0 Å². The number of halogens is 1. The number of aliphatic hydroxyl groups excluding tert-OH is 1. The van der Waals surface area contributed by atoms with Crippen molar-refractivity contribution in [2.24, 2.45) is 0 Å². The Morgan fingerprint density at radius 1 is 1.37 bits per heavy atom. The number of hydrogen-bond donors (Lipinski definition) is 1. The molecule has 19 heavy (non-hydrogen) atoms. The fraction of sp³-hybridized carbons (Fsp3) is 0.385. The highest BCUT2D eigenvalue weighted by Gasteiger charge is 2.11. The van der Waals surface area contributed by atoms with Gasteiger partial charge in [0.2, 0.25) is 11.7 Å². The molecule has 2 aromatic rings. The Kier molecular flexibility index (Phi) is 4.46. The molecule has 0 atom stereocenters. The summed E-state index contributed by atoms with van der Waals surface area (Å²) in [7, 11) is 1.40. The van der Waals surface area contributed by atoms with Gasteiger partial charge in [-0.3, -0.25) is 0 Å². The van der Waals surface area contributed by atoms with Gasteiger partial charge in [0.1, 0.15) is 0 Å². The SMILES string of the molecule is COc1cc(-c2noc(CCCCO)n2)ccc1F. The van der Waals surface area contributed by atoms with Gasteiger partial charge in [-0.25, -0.2) is 4.39 Å². The quantitative estimate of drug-likeness (QED) is 0.812. The fourth-order valence-electron chi connectivity index (χ4n) is 1.66. The summed E-state index contributed by atoms with van der Waals surface area (Å²) < 4.78 is 23.3.